The fourth-order valence-corrected chi connectivity index (χ4v) is 3.01. The van der Waals surface area contributed by atoms with Crippen LogP contribution in [0.3, 0.4) is 0 Å². The van der Waals surface area contributed by atoms with Crippen LogP contribution < -0.4 is 5.32 Å². The van der Waals surface area contributed by atoms with E-state index in [-0.39, 0.29) is 0 Å². The fraction of sp³-hybridized carbons (Fsp3) is 0.588. The summed E-state index contributed by atoms with van der Waals surface area (Å²) < 4.78 is 2.06. The molecular formula is C17H26N4. The number of likely N-dealkylation sites (N-methyl/N-ethyl adjacent to an activating group) is 1. The van der Waals surface area contributed by atoms with Gasteiger partial charge in [0.1, 0.15) is 0 Å². The minimum Gasteiger partial charge on any atom is -0.310 e. The number of benzene rings is 1. The monoisotopic (exact) mass is 286 g/mol. The van der Waals surface area contributed by atoms with Crippen molar-refractivity contribution in [2.45, 2.75) is 32.4 Å². The molecule has 1 aromatic heterocycles. The molecular weight excluding hydrogens is 260 g/mol. The first-order chi connectivity index (χ1) is 10.1. The molecule has 4 heteroatoms. The molecule has 3 rings (SSSR count). The maximum absolute atomic E-state index is 4.65. The SMILES string of the molecule is C[C@H]1CC[C@H](c2ccc3nn(CCN(C)C)cc3c2)NC1. The van der Waals surface area contributed by atoms with Gasteiger partial charge in [-0.1, -0.05) is 13.0 Å². The van der Waals surface area contributed by atoms with Gasteiger partial charge >= 0.3 is 0 Å². The lowest BCUT2D eigenvalue weighted by Crippen LogP contribution is -2.31. The zero-order valence-electron chi connectivity index (χ0n) is 13.3. The van der Waals surface area contributed by atoms with Crippen LogP contribution in [-0.4, -0.2) is 41.9 Å². The van der Waals surface area contributed by atoms with Crippen LogP contribution in [-0.2, 0) is 6.54 Å². The largest absolute Gasteiger partial charge is 0.310 e. The van der Waals surface area contributed by atoms with Crippen molar-refractivity contribution in [2.24, 2.45) is 5.92 Å². The molecule has 2 atom stereocenters. The molecule has 0 radical (unpaired) electrons. The van der Waals surface area contributed by atoms with Gasteiger partial charge in [0.05, 0.1) is 12.1 Å². The first-order valence-corrected chi connectivity index (χ1v) is 7.97. The van der Waals surface area contributed by atoms with Crippen LogP contribution in [0.25, 0.3) is 10.9 Å². The zero-order chi connectivity index (χ0) is 14.8. The summed E-state index contributed by atoms with van der Waals surface area (Å²) in [6.45, 7) is 5.41. The van der Waals surface area contributed by atoms with Gasteiger partial charge in [-0.2, -0.15) is 5.10 Å². The van der Waals surface area contributed by atoms with Gasteiger partial charge in [0.25, 0.3) is 0 Å². The van der Waals surface area contributed by atoms with Gasteiger partial charge in [0.2, 0.25) is 0 Å². The predicted octanol–water partition coefficient (Wildman–Crippen LogP) is 2.66. The van der Waals surface area contributed by atoms with Crippen molar-refractivity contribution in [3.05, 3.63) is 30.0 Å². The Balaban J connectivity index is 1.76. The minimum atomic E-state index is 0.510. The van der Waals surface area contributed by atoms with Gasteiger partial charge in [-0.05, 0) is 57.1 Å². The van der Waals surface area contributed by atoms with E-state index in [1.165, 1.54) is 23.8 Å². The average Bonchev–Trinajstić information content (AvgIpc) is 2.88. The lowest BCUT2D eigenvalue weighted by molar-refractivity contribution is 0.333. The summed E-state index contributed by atoms with van der Waals surface area (Å²) in [6.07, 6.45) is 4.73. The van der Waals surface area contributed by atoms with E-state index in [9.17, 15) is 0 Å². The van der Waals surface area contributed by atoms with E-state index in [1.807, 2.05) is 0 Å². The van der Waals surface area contributed by atoms with E-state index in [4.69, 9.17) is 0 Å². The second kappa shape index (κ2) is 6.16. The Kier molecular flexibility index (Phi) is 4.27. The number of fused-ring (bicyclic) bond motifs is 1. The van der Waals surface area contributed by atoms with Crippen molar-refractivity contribution in [1.82, 2.24) is 20.0 Å². The molecule has 114 valence electrons. The summed E-state index contributed by atoms with van der Waals surface area (Å²) in [7, 11) is 4.19. The molecule has 2 aromatic rings. The third-order valence-electron chi connectivity index (χ3n) is 4.42. The van der Waals surface area contributed by atoms with Gasteiger partial charge in [-0.3, -0.25) is 4.68 Å². The number of hydrogen-bond donors (Lipinski definition) is 1. The van der Waals surface area contributed by atoms with E-state index in [1.54, 1.807) is 0 Å². The summed E-state index contributed by atoms with van der Waals surface area (Å²) in [4.78, 5) is 2.19. The van der Waals surface area contributed by atoms with E-state index in [2.05, 4.69) is 65.4 Å². The summed E-state index contributed by atoms with van der Waals surface area (Å²) in [5, 5.41) is 9.57. The van der Waals surface area contributed by atoms with Crippen molar-refractivity contribution in [1.29, 1.82) is 0 Å². The third kappa shape index (κ3) is 3.44. The standard InChI is InChI=1S/C17H26N4/c1-13-4-6-16(18-11-13)14-5-7-17-15(10-14)12-21(19-17)9-8-20(2)3/h5,7,10,12-13,16,18H,4,6,8-9,11H2,1-3H3/t13-,16+/m0/s1. The topological polar surface area (TPSA) is 33.1 Å². The van der Waals surface area contributed by atoms with Gasteiger partial charge in [0.15, 0.2) is 0 Å². The Morgan fingerprint density at radius 3 is 2.90 bits per heavy atom. The van der Waals surface area contributed by atoms with Crippen molar-refractivity contribution in [3.63, 3.8) is 0 Å². The highest BCUT2D eigenvalue weighted by atomic mass is 15.3. The summed E-state index contributed by atoms with van der Waals surface area (Å²) in [5.74, 6) is 0.804. The molecule has 0 saturated carbocycles. The van der Waals surface area contributed by atoms with E-state index in [0.29, 0.717) is 6.04 Å². The second-order valence-electron chi connectivity index (χ2n) is 6.66. The number of rotatable bonds is 4. The normalized spacial score (nSPS) is 23.0. The highest BCUT2D eigenvalue weighted by Crippen LogP contribution is 2.27. The lowest BCUT2D eigenvalue weighted by Gasteiger charge is -2.28. The molecule has 1 fully saturated rings. The Hall–Kier alpha value is -1.39. The molecule has 2 heterocycles. The molecule has 1 saturated heterocycles. The fourth-order valence-electron chi connectivity index (χ4n) is 3.01. The quantitative estimate of drug-likeness (QED) is 0.938. The summed E-state index contributed by atoms with van der Waals surface area (Å²) in [6, 6.07) is 7.22. The van der Waals surface area contributed by atoms with Crippen LogP contribution in [0.4, 0.5) is 0 Å². The molecule has 0 unspecified atom stereocenters. The Morgan fingerprint density at radius 2 is 2.19 bits per heavy atom. The van der Waals surface area contributed by atoms with E-state index >= 15 is 0 Å². The number of nitrogens with one attached hydrogen (secondary N) is 1. The molecule has 1 aliphatic rings. The molecule has 0 spiro atoms. The molecule has 0 aliphatic carbocycles. The van der Waals surface area contributed by atoms with Crippen LogP contribution in [0.5, 0.6) is 0 Å². The highest BCUT2D eigenvalue weighted by molar-refractivity contribution is 5.78. The predicted molar refractivity (Wildman–Crippen MR) is 87.4 cm³/mol. The van der Waals surface area contributed by atoms with Crippen molar-refractivity contribution < 1.29 is 0 Å². The van der Waals surface area contributed by atoms with Crippen molar-refractivity contribution in [3.8, 4) is 0 Å². The molecule has 0 amide bonds. The molecule has 21 heavy (non-hydrogen) atoms. The summed E-state index contributed by atoms with van der Waals surface area (Å²) in [5.41, 5.74) is 2.50. The van der Waals surface area contributed by atoms with Gasteiger partial charge < -0.3 is 10.2 Å². The first kappa shape index (κ1) is 14.5. The van der Waals surface area contributed by atoms with Crippen molar-refractivity contribution in [2.75, 3.05) is 27.2 Å². The number of hydrogen-bond acceptors (Lipinski definition) is 3. The zero-order valence-corrected chi connectivity index (χ0v) is 13.3. The van der Waals surface area contributed by atoms with Crippen molar-refractivity contribution >= 4 is 10.9 Å². The smallest absolute Gasteiger partial charge is 0.0923 e. The van der Waals surface area contributed by atoms with Crippen LogP contribution in [0, 0.1) is 5.92 Å². The van der Waals surface area contributed by atoms with Crippen LogP contribution >= 0.6 is 0 Å². The molecule has 0 bridgehead atoms. The van der Waals surface area contributed by atoms with Gasteiger partial charge in [-0.15, -0.1) is 0 Å². The highest BCUT2D eigenvalue weighted by Gasteiger charge is 2.19. The number of nitrogens with zero attached hydrogens (tertiary/aromatic N) is 3. The van der Waals surface area contributed by atoms with E-state index in [0.717, 1.165) is 31.1 Å². The summed E-state index contributed by atoms with van der Waals surface area (Å²) >= 11 is 0. The first-order valence-electron chi connectivity index (χ1n) is 7.97. The van der Waals surface area contributed by atoms with Crippen LogP contribution in [0.1, 0.15) is 31.4 Å². The third-order valence-corrected chi connectivity index (χ3v) is 4.42. The van der Waals surface area contributed by atoms with E-state index < -0.39 is 0 Å². The Bertz CT molecular complexity index is 594. The second-order valence-corrected chi connectivity index (χ2v) is 6.66. The number of aromatic nitrogens is 2. The Morgan fingerprint density at radius 1 is 1.33 bits per heavy atom. The van der Waals surface area contributed by atoms with Gasteiger partial charge in [0, 0.05) is 24.2 Å². The minimum absolute atomic E-state index is 0.510. The molecule has 1 N–H and O–H groups in total. The maximum Gasteiger partial charge on any atom is 0.0923 e. The van der Waals surface area contributed by atoms with Crippen LogP contribution in [0.2, 0.25) is 0 Å². The molecule has 1 aromatic carbocycles. The van der Waals surface area contributed by atoms with Gasteiger partial charge in [-0.25, -0.2) is 0 Å². The molecule has 4 nitrogen and oxygen atoms in total. The average molecular weight is 286 g/mol. The molecule has 1 aliphatic heterocycles. The lowest BCUT2D eigenvalue weighted by atomic mass is 9.92. The number of piperidine rings is 1. The Labute approximate surface area is 127 Å². The van der Waals surface area contributed by atoms with Crippen LogP contribution in [0.15, 0.2) is 24.4 Å². The maximum atomic E-state index is 4.65.